The fraction of sp³-hybridized carbons (Fsp3) is 0.364. The van der Waals surface area contributed by atoms with E-state index in [1.165, 1.54) is 6.07 Å². The molecule has 0 aliphatic carbocycles. The van der Waals surface area contributed by atoms with Crippen LogP contribution in [0.25, 0.3) is 0 Å². The number of carbonyl (C=O) groups excluding carboxylic acids is 1. The van der Waals surface area contributed by atoms with E-state index in [1.54, 1.807) is 19.9 Å². The topological polar surface area (TPSA) is 112 Å². The van der Waals surface area contributed by atoms with Crippen LogP contribution in [0.1, 0.15) is 17.5 Å². The second kappa shape index (κ2) is 5.36. The predicted octanol–water partition coefficient (Wildman–Crippen LogP) is 0.205. The Morgan fingerprint density at radius 2 is 1.89 bits per heavy atom. The molecule has 4 N–H and O–H groups in total. The Kier molecular flexibility index (Phi) is 4.31. The summed E-state index contributed by atoms with van der Waals surface area (Å²) in [5, 5.41) is 5.09. The molecule has 0 atom stereocenters. The van der Waals surface area contributed by atoms with Gasteiger partial charge in [0, 0.05) is 0 Å². The van der Waals surface area contributed by atoms with Crippen molar-refractivity contribution in [2.24, 2.45) is 10.9 Å². The average Bonchev–Trinajstić information content (AvgIpc) is 2.20. The molecular weight excluding hydrogens is 256 g/mol. The van der Waals surface area contributed by atoms with Crippen LogP contribution in [0, 0.1) is 13.8 Å². The van der Waals surface area contributed by atoms with E-state index in [1.807, 2.05) is 0 Å². The molecule has 0 aliphatic rings. The largest absolute Gasteiger partial charge is 0.493 e. The lowest BCUT2D eigenvalue weighted by Gasteiger charge is -2.11. The first-order valence-electron chi connectivity index (χ1n) is 5.27. The van der Waals surface area contributed by atoms with Gasteiger partial charge in [0.05, 0.1) is 17.9 Å². The van der Waals surface area contributed by atoms with E-state index in [0.29, 0.717) is 16.9 Å². The average molecular weight is 272 g/mol. The number of rotatable bonds is 5. The highest BCUT2D eigenvalue weighted by atomic mass is 32.2. The number of ether oxygens (including phenoxy) is 1. The number of primary sulfonamides is 1. The number of carbonyl (C=O) groups is 1. The summed E-state index contributed by atoms with van der Waals surface area (Å²) in [6.45, 7) is 3.48. The fourth-order valence-electron chi connectivity index (χ4n) is 1.49. The minimum Gasteiger partial charge on any atom is -0.493 e. The lowest BCUT2D eigenvalue weighted by atomic mass is 10.1. The smallest absolute Gasteiger partial charge is 0.238 e. The molecule has 100 valence electrons. The number of primary amides is 1. The van der Waals surface area contributed by atoms with Gasteiger partial charge in [-0.3, -0.25) is 4.79 Å². The van der Waals surface area contributed by atoms with Gasteiger partial charge in [-0.1, -0.05) is 0 Å². The van der Waals surface area contributed by atoms with Crippen molar-refractivity contribution in [3.63, 3.8) is 0 Å². The van der Waals surface area contributed by atoms with Crippen LogP contribution >= 0.6 is 0 Å². The number of sulfonamides is 1. The SMILES string of the molecule is Cc1cc(S(N)(=O)=O)c(C)cc1OCCC(N)=O. The van der Waals surface area contributed by atoms with Crippen molar-refractivity contribution in [1.82, 2.24) is 0 Å². The van der Waals surface area contributed by atoms with Gasteiger partial charge in [0.25, 0.3) is 0 Å². The summed E-state index contributed by atoms with van der Waals surface area (Å²) in [4.78, 5) is 10.6. The fourth-order valence-corrected chi connectivity index (χ4v) is 2.34. The Hall–Kier alpha value is -1.60. The number of amides is 1. The number of hydrogen-bond acceptors (Lipinski definition) is 4. The molecule has 1 aromatic rings. The van der Waals surface area contributed by atoms with Gasteiger partial charge >= 0.3 is 0 Å². The normalized spacial score (nSPS) is 11.3. The number of hydrogen-bond donors (Lipinski definition) is 2. The maximum absolute atomic E-state index is 11.3. The summed E-state index contributed by atoms with van der Waals surface area (Å²) in [5.74, 6) is 0.0617. The van der Waals surface area contributed by atoms with Crippen molar-refractivity contribution in [1.29, 1.82) is 0 Å². The monoisotopic (exact) mass is 272 g/mol. The Morgan fingerprint density at radius 3 is 2.39 bits per heavy atom. The first-order chi connectivity index (χ1) is 8.21. The molecule has 0 fully saturated rings. The van der Waals surface area contributed by atoms with E-state index in [2.05, 4.69) is 0 Å². The summed E-state index contributed by atoms with van der Waals surface area (Å²) >= 11 is 0. The molecule has 1 amide bonds. The zero-order valence-electron chi connectivity index (χ0n) is 10.3. The Bertz CT molecular complexity index is 567. The van der Waals surface area contributed by atoms with Crippen molar-refractivity contribution >= 4 is 15.9 Å². The van der Waals surface area contributed by atoms with Gasteiger partial charge in [-0.05, 0) is 37.1 Å². The summed E-state index contributed by atoms with van der Waals surface area (Å²) in [7, 11) is -3.74. The third kappa shape index (κ3) is 3.71. The van der Waals surface area contributed by atoms with Crippen LogP contribution in [0.15, 0.2) is 17.0 Å². The van der Waals surface area contributed by atoms with Crippen LogP contribution in [-0.2, 0) is 14.8 Å². The van der Waals surface area contributed by atoms with Gasteiger partial charge in [-0.15, -0.1) is 0 Å². The molecule has 0 bridgehead atoms. The highest BCUT2D eigenvalue weighted by Crippen LogP contribution is 2.25. The lowest BCUT2D eigenvalue weighted by molar-refractivity contribution is -0.118. The minimum absolute atomic E-state index is 0.0715. The van der Waals surface area contributed by atoms with Gasteiger partial charge in [0.2, 0.25) is 15.9 Å². The summed E-state index contributed by atoms with van der Waals surface area (Å²) in [5.41, 5.74) is 6.12. The van der Waals surface area contributed by atoms with Crippen LogP contribution in [0.4, 0.5) is 0 Å². The summed E-state index contributed by atoms with van der Waals surface area (Å²) in [6, 6.07) is 3.03. The lowest BCUT2D eigenvalue weighted by Crippen LogP contribution is -2.16. The van der Waals surface area contributed by atoms with E-state index in [9.17, 15) is 13.2 Å². The molecule has 0 saturated carbocycles. The zero-order chi connectivity index (χ0) is 13.9. The van der Waals surface area contributed by atoms with Gasteiger partial charge in [0.15, 0.2) is 0 Å². The van der Waals surface area contributed by atoms with Crippen molar-refractivity contribution in [2.75, 3.05) is 6.61 Å². The Balaban J connectivity index is 2.97. The number of benzene rings is 1. The molecule has 0 radical (unpaired) electrons. The van der Waals surface area contributed by atoms with Crippen molar-refractivity contribution in [3.8, 4) is 5.75 Å². The number of aryl methyl sites for hydroxylation is 2. The van der Waals surface area contributed by atoms with Crippen molar-refractivity contribution < 1.29 is 17.9 Å². The van der Waals surface area contributed by atoms with Gasteiger partial charge in [-0.25, -0.2) is 13.6 Å². The van der Waals surface area contributed by atoms with E-state index in [-0.39, 0.29) is 17.9 Å². The van der Waals surface area contributed by atoms with Crippen LogP contribution in [0.5, 0.6) is 5.75 Å². The quantitative estimate of drug-likeness (QED) is 0.797. The van der Waals surface area contributed by atoms with Gasteiger partial charge in [0.1, 0.15) is 5.75 Å². The third-order valence-electron chi connectivity index (χ3n) is 2.39. The van der Waals surface area contributed by atoms with E-state index >= 15 is 0 Å². The third-order valence-corrected chi connectivity index (χ3v) is 3.44. The van der Waals surface area contributed by atoms with E-state index in [0.717, 1.165) is 0 Å². The molecule has 0 aliphatic heterocycles. The highest BCUT2D eigenvalue weighted by Gasteiger charge is 2.14. The molecule has 6 nitrogen and oxygen atoms in total. The van der Waals surface area contributed by atoms with Crippen LogP contribution in [0.2, 0.25) is 0 Å². The minimum atomic E-state index is -3.74. The Labute approximate surface area is 106 Å². The van der Waals surface area contributed by atoms with Gasteiger partial charge in [-0.2, -0.15) is 0 Å². The van der Waals surface area contributed by atoms with Gasteiger partial charge < -0.3 is 10.5 Å². The standard InChI is InChI=1S/C11H16N2O4S/c1-7-6-10(18(13,15)16)8(2)5-9(7)17-4-3-11(12)14/h5-6H,3-4H2,1-2H3,(H2,12,14)(H2,13,15,16). The molecule has 1 aromatic carbocycles. The highest BCUT2D eigenvalue weighted by molar-refractivity contribution is 7.89. The molecular formula is C11H16N2O4S. The van der Waals surface area contributed by atoms with Crippen LogP contribution in [0.3, 0.4) is 0 Å². The number of nitrogens with two attached hydrogens (primary N) is 2. The van der Waals surface area contributed by atoms with Crippen molar-refractivity contribution in [2.45, 2.75) is 25.2 Å². The van der Waals surface area contributed by atoms with E-state index in [4.69, 9.17) is 15.6 Å². The first kappa shape index (κ1) is 14.5. The maximum Gasteiger partial charge on any atom is 0.238 e. The van der Waals surface area contributed by atoms with E-state index < -0.39 is 15.9 Å². The molecule has 0 spiro atoms. The molecule has 0 saturated heterocycles. The molecule has 7 heteroatoms. The molecule has 18 heavy (non-hydrogen) atoms. The predicted molar refractivity (Wildman–Crippen MR) is 66.6 cm³/mol. The van der Waals surface area contributed by atoms with Crippen LogP contribution in [-0.4, -0.2) is 20.9 Å². The van der Waals surface area contributed by atoms with Crippen molar-refractivity contribution in [3.05, 3.63) is 23.3 Å². The molecule has 1 rings (SSSR count). The molecule has 0 aromatic heterocycles. The first-order valence-corrected chi connectivity index (χ1v) is 6.81. The molecule has 0 unspecified atom stereocenters. The second-order valence-corrected chi connectivity index (χ2v) is 5.52. The summed E-state index contributed by atoms with van der Waals surface area (Å²) in [6.07, 6.45) is 0.107. The second-order valence-electron chi connectivity index (χ2n) is 3.99. The zero-order valence-corrected chi connectivity index (χ0v) is 11.1. The van der Waals surface area contributed by atoms with Crippen LogP contribution < -0.4 is 15.6 Å². The maximum atomic E-state index is 11.3. The molecule has 0 heterocycles. The summed E-state index contributed by atoms with van der Waals surface area (Å²) < 4.78 is 28.0. The Morgan fingerprint density at radius 1 is 1.28 bits per heavy atom.